The molecule has 3 aromatic rings. The number of nitrogens with zero attached hydrogens (tertiary/aromatic N) is 2. The van der Waals surface area contributed by atoms with Gasteiger partial charge < -0.3 is 14.6 Å². The normalized spacial score (nSPS) is 21.7. The van der Waals surface area contributed by atoms with Crippen LogP contribution in [0, 0.1) is 5.92 Å². The summed E-state index contributed by atoms with van der Waals surface area (Å²) < 4.78 is 30.6. The van der Waals surface area contributed by atoms with Gasteiger partial charge in [0.1, 0.15) is 10.4 Å². The minimum atomic E-state index is -3.27. The number of likely N-dealkylation sites (tertiary alicyclic amines) is 1. The molecule has 4 heterocycles. The van der Waals surface area contributed by atoms with Gasteiger partial charge in [-0.25, -0.2) is 8.42 Å². The first kappa shape index (κ1) is 19.3. The van der Waals surface area contributed by atoms with Crippen LogP contribution in [0.25, 0.3) is 10.9 Å². The molecular weight excluding hydrogens is 402 g/mol. The monoisotopic (exact) mass is 425 g/mol. The minimum Gasteiger partial charge on any atom is -0.375 e. The highest BCUT2D eigenvalue weighted by molar-refractivity contribution is 7.93. The van der Waals surface area contributed by atoms with E-state index in [1.54, 1.807) is 11.1 Å². The van der Waals surface area contributed by atoms with Gasteiger partial charge in [-0.15, -0.1) is 0 Å². The molecule has 8 heteroatoms. The van der Waals surface area contributed by atoms with Gasteiger partial charge in [0.25, 0.3) is 5.91 Å². The molecule has 30 heavy (non-hydrogen) atoms. The van der Waals surface area contributed by atoms with Crippen molar-refractivity contribution in [1.29, 1.82) is 0 Å². The lowest BCUT2D eigenvalue weighted by molar-refractivity contribution is 0.0201. The van der Waals surface area contributed by atoms with Crippen LogP contribution in [0.5, 0.6) is 0 Å². The maximum atomic E-state index is 12.9. The Morgan fingerprint density at radius 3 is 2.77 bits per heavy atom. The molecule has 156 valence electrons. The Labute approximate surface area is 175 Å². The van der Waals surface area contributed by atoms with E-state index in [4.69, 9.17) is 4.74 Å². The van der Waals surface area contributed by atoms with Crippen molar-refractivity contribution < 1.29 is 17.9 Å². The zero-order valence-electron chi connectivity index (χ0n) is 16.5. The van der Waals surface area contributed by atoms with E-state index in [1.807, 2.05) is 48.5 Å². The first-order valence-corrected chi connectivity index (χ1v) is 11.7. The SMILES string of the molecule is O=C(c1cc2ccccc2[nH]1)N1CC2(C1)[C@@H](COCc1ccccn1)CCS2(=O)=O. The molecular formula is C22H23N3O4S. The molecule has 2 aliphatic rings. The molecule has 1 N–H and O–H groups in total. The van der Waals surface area contributed by atoms with E-state index in [0.29, 0.717) is 25.3 Å². The van der Waals surface area contributed by atoms with Gasteiger partial charge in [0, 0.05) is 36.1 Å². The van der Waals surface area contributed by atoms with E-state index in [2.05, 4.69) is 9.97 Å². The summed E-state index contributed by atoms with van der Waals surface area (Å²) in [5, 5.41) is 0.963. The summed E-state index contributed by atoms with van der Waals surface area (Å²) in [5.74, 6) is -0.121. The van der Waals surface area contributed by atoms with E-state index in [1.165, 1.54) is 0 Å². The quantitative estimate of drug-likeness (QED) is 0.678. The lowest BCUT2D eigenvalue weighted by Crippen LogP contribution is -2.68. The fourth-order valence-corrected chi connectivity index (χ4v) is 7.00. The summed E-state index contributed by atoms with van der Waals surface area (Å²) >= 11 is 0. The Kier molecular flexibility index (Phi) is 4.63. The van der Waals surface area contributed by atoms with E-state index < -0.39 is 14.6 Å². The molecule has 0 unspecified atom stereocenters. The van der Waals surface area contributed by atoms with E-state index >= 15 is 0 Å². The highest BCUT2D eigenvalue weighted by Gasteiger charge is 2.62. The Morgan fingerprint density at radius 2 is 2.00 bits per heavy atom. The van der Waals surface area contributed by atoms with Gasteiger partial charge in [0.05, 0.1) is 24.7 Å². The molecule has 0 bridgehead atoms. The van der Waals surface area contributed by atoms with Gasteiger partial charge >= 0.3 is 0 Å². The summed E-state index contributed by atoms with van der Waals surface area (Å²) in [4.78, 5) is 21.9. The fourth-order valence-electron chi connectivity index (χ4n) is 4.60. The number of ether oxygens (including phenoxy) is 1. The lowest BCUT2D eigenvalue weighted by atomic mass is 9.83. The number of aromatic amines is 1. The predicted molar refractivity (Wildman–Crippen MR) is 113 cm³/mol. The third-order valence-corrected chi connectivity index (χ3v) is 8.96. The molecule has 0 aliphatic carbocycles. The number of benzene rings is 1. The van der Waals surface area contributed by atoms with Crippen LogP contribution in [0.1, 0.15) is 22.6 Å². The summed E-state index contributed by atoms with van der Waals surface area (Å²) in [6, 6.07) is 15.1. The number of fused-ring (bicyclic) bond motifs is 1. The van der Waals surface area contributed by atoms with Crippen molar-refractivity contribution in [2.24, 2.45) is 5.92 Å². The lowest BCUT2D eigenvalue weighted by Gasteiger charge is -2.49. The minimum absolute atomic E-state index is 0.113. The highest BCUT2D eigenvalue weighted by atomic mass is 32.2. The Morgan fingerprint density at radius 1 is 1.20 bits per heavy atom. The van der Waals surface area contributed by atoms with E-state index in [-0.39, 0.29) is 30.7 Å². The molecule has 7 nitrogen and oxygen atoms in total. The Balaban J connectivity index is 1.27. The van der Waals surface area contributed by atoms with Crippen LogP contribution in [-0.4, -0.2) is 59.4 Å². The molecule has 1 aromatic carbocycles. The van der Waals surface area contributed by atoms with Gasteiger partial charge in [-0.1, -0.05) is 24.3 Å². The molecule has 1 amide bonds. The molecule has 2 aliphatic heterocycles. The molecule has 2 saturated heterocycles. The van der Waals surface area contributed by atoms with Gasteiger partial charge in [-0.2, -0.15) is 0 Å². The van der Waals surface area contributed by atoms with E-state index in [0.717, 1.165) is 16.6 Å². The molecule has 5 rings (SSSR count). The van der Waals surface area contributed by atoms with Crippen LogP contribution in [0.2, 0.25) is 0 Å². The van der Waals surface area contributed by atoms with Crippen molar-refractivity contribution in [1.82, 2.24) is 14.9 Å². The van der Waals surface area contributed by atoms with Crippen LogP contribution < -0.4 is 0 Å². The number of aromatic nitrogens is 2. The third-order valence-electron chi connectivity index (χ3n) is 6.36. The van der Waals surface area contributed by atoms with Crippen molar-refractivity contribution in [2.45, 2.75) is 17.8 Å². The van der Waals surface area contributed by atoms with Gasteiger partial charge in [-0.05, 0) is 30.7 Å². The number of para-hydroxylation sites is 1. The number of hydrogen-bond donors (Lipinski definition) is 1. The topological polar surface area (TPSA) is 92.4 Å². The summed E-state index contributed by atoms with van der Waals surface area (Å²) in [6.45, 7) is 1.15. The van der Waals surface area contributed by atoms with Gasteiger partial charge in [0.15, 0.2) is 9.84 Å². The third kappa shape index (κ3) is 3.11. The van der Waals surface area contributed by atoms with Crippen LogP contribution in [0.4, 0.5) is 0 Å². The average Bonchev–Trinajstić information content (AvgIpc) is 3.26. The van der Waals surface area contributed by atoms with Crippen LogP contribution in [0.3, 0.4) is 0 Å². The summed E-state index contributed by atoms with van der Waals surface area (Å²) in [5.41, 5.74) is 2.20. The van der Waals surface area contributed by atoms with Crippen molar-refractivity contribution in [2.75, 3.05) is 25.4 Å². The number of amides is 1. The molecule has 1 spiro atoms. The van der Waals surface area contributed by atoms with Crippen LogP contribution in [-0.2, 0) is 21.2 Å². The largest absolute Gasteiger partial charge is 0.375 e. The molecule has 0 saturated carbocycles. The van der Waals surface area contributed by atoms with Crippen molar-refractivity contribution in [3.8, 4) is 0 Å². The van der Waals surface area contributed by atoms with Crippen LogP contribution in [0.15, 0.2) is 54.7 Å². The van der Waals surface area contributed by atoms with Gasteiger partial charge in [-0.3, -0.25) is 9.78 Å². The zero-order chi connectivity index (χ0) is 20.8. The predicted octanol–water partition coefficient (Wildman–Crippen LogP) is 2.41. The standard InChI is InChI=1S/C22H23N3O4S/c26-21(20-11-16-5-1-2-7-19(16)24-20)25-14-22(15-25)17(8-10-30(22,27)28)12-29-13-18-6-3-4-9-23-18/h1-7,9,11,17,24H,8,10,12-15H2/t17-/m1/s1. The van der Waals surface area contributed by atoms with E-state index in [9.17, 15) is 13.2 Å². The van der Waals surface area contributed by atoms with Crippen molar-refractivity contribution >= 4 is 26.6 Å². The Bertz CT molecular complexity index is 1150. The number of pyridine rings is 1. The number of sulfone groups is 1. The average molecular weight is 426 g/mol. The maximum absolute atomic E-state index is 12.9. The van der Waals surface area contributed by atoms with Crippen LogP contribution >= 0.6 is 0 Å². The summed E-state index contributed by atoms with van der Waals surface area (Å²) in [6.07, 6.45) is 2.28. The number of carbonyl (C=O) groups is 1. The first-order chi connectivity index (χ1) is 14.5. The smallest absolute Gasteiger partial charge is 0.270 e. The molecule has 2 fully saturated rings. The second kappa shape index (κ2) is 7.21. The zero-order valence-corrected chi connectivity index (χ0v) is 17.3. The fraction of sp³-hybridized carbons (Fsp3) is 0.364. The number of rotatable bonds is 5. The Hall–Kier alpha value is -2.71. The highest BCUT2D eigenvalue weighted by Crippen LogP contribution is 2.45. The second-order valence-corrected chi connectivity index (χ2v) is 10.6. The molecule has 1 atom stereocenters. The van der Waals surface area contributed by atoms with Gasteiger partial charge in [0.2, 0.25) is 0 Å². The van der Waals surface area contributed by atoms with Crippen molar-refractivity contribution in [3.05, 3.63) is 66.1 Å². The maximum Gasteiger partial charge on any atom is 0.270 e. The molecule has 2 aromatic heterocycles. The number of H-pyrrole nitrogens is 1. The second-order valence-electron chi connectivity index (χ2n) is 8.14. The number of hydrogen-bond acceptors (Lipinski definition) is 5. The van der Waals surface area contributed by atoms with Crippen molar-refractivity contribution in [3.63, 3.8) is 0 Å². The number of carbonyl (C=O) groups excluding carboxylic acids is 1. The first-order valence-electron chi connectivity index (χ1n) is 10.1. The molecule has 0 radical (unpaired) electrons. The number of nitrogens with one attached hydrogen (secondary N) is 1. The summed E-state index contributed by atoms with van der Waals surface area (Å²) in [7, 11) is -3.27.